The zero-order chi connectivity index (χ0) is 13.2. The molecule has 2 unspecified atom stereocenters. The number of nitrogens with zero attached hydrogens (tertiary/aromatic N) is 2. The molecule has 1 aliphatic carbocycles. The monoisotopic (exact) mass is 295 g/mol. The largest absolute Gasteiger partial charge is 0.384 e. The molecule has 0 bridgehead atoms. The number of anilines is 1. The standard InChI is InChI=1S/C14H21N3S2/c1-9-13(19-7-6-18-9)14-16-11(8-12(15)17-14)10-4-2-3-5-10/h8-10,13H,2-7H2,1H3,(H2,15,16,17). The third kappa shape index (κ3) is 3.02. The van der Waals surface area contributed by atoms with E-state index in [4.69, 9.17) is 10.7 Å². The van der Waals surface area contributed by atoms with Gasteiger partial charge in [-0.3, -0.25) is 0 Å². The summed E-state index contributed by atoms with van der Waals surface area (Å²) in [6, 6.07) is 1.99. The first-order chi connectivity index (χ1) is 9.24. The SMILES string of the molecule is CC1SCCSC1c1nc(N)cc(C2CCCC2)n1. The minimum absolute atomic E-state index is 0.405. The molecule has 0 amide bonds. The Morgan fingerprint density at radius 1 is 1.16 bits per heavy atom. The van der Waals surface area contributed by atoms with Crippen molar-refractivity contribution in [2.24, 2.45) is 0 Å². The summed E-state index contributed by atoms with van der Waals surface area (Å²) in [5.74, 6) is 4.65. The Morgan fingerprint density at radius 2 is 1.89 bits per heavy atom. The summed E-state index contributed by atoms with van der Waals surface area (Å²) >= 11 is 4.01. The summed E-state index contributed by atoms with van der Waals surface area (Å²) in [7, 11) is 0. The summed E-state index contributed by atoms with van der Waals surface area (Å²) in [6.07, 6.45) is 5.18. The van der Waals surface area contributed by atoms with Crippen molar-refractivity contribution in [2.75, 3.05) is 17.2 Å². The second kappa shape index (κ2) is 5.92. The van der Waals surface area contributed by atoms with Crippen molar-refractivity contribution in [3.05, 3.63) is 17.6 Å². The molecule has 19 heavy (non-hydrogen) atoms. The van der Waals surface area contributed by atoms with Crippen LogP contribution in [0.25, 0.3) is 0 Å². The normalized spacial score (nSPS) is 28.7. The topological polar surface area (TPSA) is 51.8 Å². The highest BCUT2D eigenvalue weighted by atomic mass is 32.2. The van der Waals surface area contributed by atoms with E-state index in [1.165, 1.54) is 42.9 Å². The van der Waals surface area contributed by atoms with Crippen molar-refractivity contribution in [1.29, 1.82) is 0 Å². The zero-order valence-corrected chi connectivity index (χ0v) is 13.0. The summed E-state index contributed by atoms with van der Waals surface area (Å²) < 4.78 is 0. The lowest BCUT2D eigenvalue weighted by Gasteiger charge is -2.27. The minimum atomic E-state index is 0.405. The zero-order valence-electron chi connectivity index (χ0n) is 11.3. The van der Waals surface area contributed by atoms with Crippen molar-refractivity contribution < 1.29 is 0 Å². The Labute approximate surface area is 123 Å². The molecule has 2 atom stereocenters. The molecule has 2 fully saturated rings. The van der Waals surface area contributed by atoms with Crippen LogP contribution in [0.5, 0.6) is 0 Å². The van der Waals surface area contributed by atoms with E-state index in [0.717, 1.165) is 5.82 Å². The lowest BCUT2D eigenvalue weighted by molar-refractivity contribution is 0.680. The number of nitrogens with two attached hydrogens (primary N) is 1. The molecular formula is C14H21N3S2. The Hall–Kier alpha value is -0.420. The maximum absolute atomic E-state index is 6.01. The second-order valence-electron chi connectivity index (χ2n) is 5.42. The molecule has 3 nitrogen and oxygen atoms in total. The second-order valence-corrected chi connectivity index (χ2v) is 8.16. The van der Waals surface area contributed by atoms with Crippen LogP contribution in [0.1, 0.15) is 55.3 Å². The van der Waals surface area contributed by atoms with E-state index in [9.17, 15) is 0 Å². The van der Waals surface area contributed by atoms with Gasteiger partial charge in [0.05, 0.1) is 5.25 Å². The number of hydrogen-bond donors (Lipinski definition) is 1. The molecule has 2 aliphatic rings. The van der Waals surface area contributed by atoms with Crippen LogP contribution in [-0.4, -0.2) is 26.7 Å². The molecule has 0 radical (unpaired) electrons. The predicted octanol–water partition coefficient (Wildman–Crippen LogP) is 3.63. The fourth-order valence-electron chi connectivity index (χ4n) is 2.98. The van der Waals surface area contributed by atoms with Crippen LogP contribution in [0.15, 0.2) is 6.07 Å². The van der Waals surface area contributed by atoms with Gasteiger partial charge < -0.3 is 5.73 Å². The molecule has 104 valence electrons. The van der Waals surface area contributed by atoms with Gasteiger partial charge in [-0.15, -0.1) is 11.8 Å². The van der Waals surface area contributed by atoms with E-state index in [0.29, 0.717) is 22.2 Å². The van der Waals surface area contributed by atoms with Crippen LogP contribution in [0.3, 0.4) is 0 Å². The first-order valence-electron chi connectivity index (χ1n) is 7.11. The lowest BCUT2D eigenvalue weighted by Crippen LogP contribution is -2.19. The van der Waals surface area contributed by atoms with Gasteiger partial charge >= 0.3 is 0 Å². The molecule has 1 saturated carbocycles. The minimum Gasteiger partial charge on any atom is -0.384 e. The molecule has 0 spiro atoms. The summed E-state index contributed by atoms with van der Waals surface area (Å²) in [5.41, 5.74) is 7.20. The van der Waals surface area contributed by atoms with Crippen molar-refractivity contribution in [3.8, 4) is 0 Å². The number of rotatable bonds is 2. The van der Waals surface area contributed by atoms with Crippen LogP contribution in [-0.2, 0) is 0 Å². The molecular weight excluding hydrogens is 274 g/mol. The summed E-state index contributed by atoms with van der Waals surface area (Å²) in [5, 5.41) is 0.986. The van der Waals surface area contributed by atoms with Gasteiger partial charge in [-0.1, -0.05) is 19.8 Å². The van der Waals surface area contributed by atoms with Gasteiger partial charge in [-0.25, -0.2) is 9.97 Å². The number of hydrogen-bond acceptors (Lipinski definition) is 5. The average Bonchev–Trinajstić information content (AvgIpc) is 2.92. The first-order valence-corrected chi connectivity index (χ1v) is 9.21. The molecule has 0 aromatic carbocycles. The Balaban J connectivity index is 1.88. The van der Waals surface area contributed by atoms with E-state index < -0.39 is 0 Å². The number of nitrogen functional groups attached to an aromatic ring is 1. The lowest BCUT2D eigenvalue weighted by atomic mass is 10.0. The molecule has 1 aromatic rings. The van der Waals surface area contributed by atoms with Gasteiger partial charge in [0.1, 0.15) is 11.6 Å². The van der Waals surface area contributed by atoms with Gasteiger partial charge in [-0.2, -0.15) is 11.8 Å². The van der Waals surface area contributed by atoms with Crippen molar-refractivity contribution in [2.45, 2.75) is 49.0 Å². The van der Waals surface area contributed by atoms with Gasteiger partial charge in [-0.05, 0) is 12.8 Å². The van der Waals surface area contributed by atoms with E-state index in [1.807, 2.05) is 29.6 Å². The highest BCUT2D eigenvalue weighted by Crippen LogP contribution is 2.42. The van der Waals surface area contributed by atoms with Crippen LogP contribution >= 0.6 is 23.5 Å². The molecule has 2 N–H and O–H groups in total. The average molecular weight is 295 g/mol. The Kier molecular flexibility index (Phi) is 4.22. The van der Waals surface area contributed by atoms with Gasteiger partial charge in [0.2, 0.25) is 0 Å². The highest BCUT2D eigenvalue weighted by molar-refractivity contribution is 8.06. The summed E-state index contributed by atoms with van der Waals surface area (Å²) in [4.78, 5) is 9.38. The smallest absolute Gasteiger partial charge is 0.145 e. The van der Waals surface area contributed by atoms with Crippen LogP contribution in [0.2, 0.25) is 0 Å². The molecule has 1 aliphatic heterocycles. The molecule has 1 aromatic heterocycles. The Morgan fingerprint density at radius 3 is 2.63 bits per heavy atom. The van der Waals surface area contributed by atoms with E-state index in [-0.39, 0.29) is 0 Å². The van der Waals surface area contributed by atoms with Crippen LogP contribution in [0.4, 0.5) is 5.82 Å². The quantitative estimate of drug-likeness (QED) is 0.903. The number of aromatic nitrogens is 2. The van der Waals surface area contributed by atoms with E-state index in [2.05, 4.69) is 11.9 Å². The maximum Gasteiger partial charge on any atom is 0.145 e. The molecule has 5 heteroatoms. The fraction of sp³-hybridized carbons (Fsp3) is 0.714. The number of thioether (sulfide) groups is 2. The van der Waals surface area contributed by atoms with Crippen LogP contribution in [0, 0.1) is 0 Å². The third-order valence-corrected chi connectivity index (χ3v) is 7.09. The third-order valence-electron chi connectivity index (χ3n) is 4.00. The van der Waals surface area contributed by atoms with Crippen molar-refractivity contribution in [3.63, 3.8) is 0 Å². The van der Waals surface area contributed by atoms with E-state index >= 15 is 0 Å². The summed E-state index contributed by atoms with van der Waals surface area (Å²) in [6.45, 7) is 2.28. The van der Waals surface area contributed by atoms with Gasteiger partial charge in [0, 0.05) is 34.4 Å². The fourth-order valence-corrected chi connectivity index (χ4v) is 5.67. The van der Waals surface area contributed by atoms with Crippen LogP contribution < -0.4 is 5.73 Å². The predicted molar refractivity (Wildman–Crippen MR) is 84.8 cm³/mol. The van der Waals surface area contributed by atoms with Gasteiger partial charge in [0.25, 0.3) is 0 Å². The molecule has 2 heterocycles. The maximum atomic E-state index is 6.01. The van der Waals surface area contributed by atoms with E-state index in [1.54, 1.807) is 0 Å². The Bertz CT molecular complexity index is 446. The molecule has 1 saturated heterocycles. The molecule has 3 rings (SSSR count). The highest BCUT2D eigenvalue weighted by Gasteiger charge is 2.28. The van der Waals surface area contributed by atoms with Crippen molar-refractivity contribution in [1.82, 2.24) is 9.97 Å². The first kappa shape index (κ1) is 13.6. The van der Waals surface area contributed by atoms with Gasteiger partial charge in [0.15, 0.2) is 0 Å². The van der Waals surface area contributed by atoms with Crippen molar-refractivity contribution >= 4 is 29.3 Å².